The molecule has 1 aliphatic rings. The topological polar surface area (TPSA) is 43.7 Å². The minimum Gasteiger partial charge on any atom is -0.395 e. The lowest BCUT2D eigenvalue weighted by atomic mass is 9.91. The first-order chi connectivity index (χ1) is 5.74. The highest BCUT2D eigenvalue weighted by Gasteiger charge is 2.24. The fourth-order valence-electron chi connectivity index (χ4n) is 1.64. The van der Waals surface area contributed by atoms with E-state index in [1.54, 1.807) is 6.92 Å². The molecule has 0 radical (unpaired) electrons. The van der Waals surface area contributed by atoms with Gasteiger partial charge < -0.3 is 10.2 Å². The van der Waals surface area contributed by atoms with Gasteiger partial charge in [-0.25, -0.2) is 0 Å². The Morgan fingerprint density at radius 1 is 1.50 bits per heavy atom. The standard InChI is InChI=1S/C9H19NO2/c1-8(12)7-10(5-6-11)9-3-2-4-9/h8-9,11-12H,2-7H2,1H3/t8-/m0/s1. The van der Waals surface area contributed by atoms with Crippen molar-refractivity contribution < 1.29 is 10.2 Å². The SMILES string of the molecule is C[C@H](O)CN(CCO)C1CCC1. The molecule has 0 bridgehead atoms. The molecule has 1 fully saturated rings. The van der Waals surface area contributed by atoms with Crippen molar-refractivity contribution in [1.29, 1.82) is 0 Å². The summed E-state index contributed by atoms with van der Waals surface area (Å²) in [4.78, 5) is 2.19. The molecule has 72 valence electrons. The molecule has 0 unspecified atom stereocenters. The summed E-state index contributed by atoms with van der Waals surface area (Å²) >= 11 is 0. The first-order valence-corrected chi connectivity index (χ1v) is 4.77. The van der Waals surface area contributed by atoms with Crippen LogP contribution >= 0.6 is 0 Å². The van der Waals surface area contributed by atoms with Gasteiger partial charge in [0.25, 0.3) is 0 Å². The van der Waals surface area contributed by atoms with Crippen molar-refractivity contribution in [2.75, 3.05) is 19.7 Å². The van der Waals surface area contributed by atoms with Crippen molar-refractivity contribution >= 4 is 0 Å². The van der Waals surface area contributed by atoms with E-state index in [1.807, 2.05) is 0 Å². The van der Waals surface area contributed by atoms with Gasteiger partial charge in [0.15, 0.2) is 0 Å². The molecule has 0 amide bonds. The van der Waals surface area contributed by atoms with Crippen molar-refractivity contribution in [3.05, 3.63) is 0 Å². The summed E-state index contributed by atoms with van der Waals surface area (Å²) in [5, 5.41) is 18.0. The summed E-state index contributed by atoms with van der Waals surface area (Å²) < 4.78 is 0. The molecule has 0 spiro atoms. The van der Waals surface area contributed by atoms with Crippen LogP contribution < -0.4 is 0 Å². The van der Waals surface area contributed by atoms with Crippen LogP contribution in [0.15, 0.2) is 0 Å². The van der Waals surface area contributed by atoms with Crippen molar-refractivity contribution in [2.45, 2.75) is 38.3 Å². The second-order valence-corrected chi connectivity index (χ2v) is 3.65. The summed E-state index contributed by atoms with van der Waals surface area (Å²) in [6, 6.07) is 0.617. The summed E-state index contributed by atoms with van der Waals surface area (Å²) in [7, 11) is 0. The van der Waals surface area contributed by atoms with E-state index in [0.717, 1.165) is 0 Å². The third kappa shape index (κ3) is 2.73. The van der Waals surface area contributed by atoms with Crippen LogP contribution in [0.4, 0.5) is 0 Å². The predicted octanol–water partition coefficient (Wildman–Crippen LogP) is 0.214. The van der Waals surface area contributed by atoms with Gasteiger partial charge in [-0.15, -0.1) is 0 Å². The molecule has 12 heavy (non-hydrogen) atoms. The van der Waals surface area contributed by atoms with E-state index in [9.17, 15) is 5.11 Å². The van der Waals surface area contributed by atoms with Crippen LogP contribution in [0, 0.1) is 0 Å². The zero-order valence-corrected chi connectivity index (χ0v) is 7.74. The van der Waals surface area contributed by atoms with E-state index in [0.29, 0.717) is 19.1 Å². The summed E-state index contributed by atoms with van der Waals surface area (Å²) in [6.45, 7) is 3.40. The smallest absolute Gasteiger partial charge is 0.0639 e. The maximum atomic E-state index is 9.19. The van der Waals surface area contributed by atoms with Gasteiger partial charge in [-0.05, 0) is 19.8 Å². The van der Waals surface area contributed by atoms with Crippen LogP contribution in [-0.2, 0) is 0 Å². The van der Waals surface area contributed by atoms with Gasteiger partial charge in [-0.1, -0.05) is 6.42 Å². The highest BCUT2D eigenvalue weighted by molar-refractivity contribution is 4.80. The van der Waals surface area contributed by atoms with Crippen LogP contribution in [0.5, 0.6) is 0 Å². The Morgan fingerprint density at radius 3 is 2.50 bits per heavy atom. The van der Waals surface area contributed by atoms with E-state index in [1.165, 1.54) is 19.3 Å². The molecular formula is C9H19NO2. The van der Waals surface area contributed by atoms with Crippen LogP contribution in [0.1, 0.15) is 26.2 Å². The lowest BCUT2D eigenvalue weighted by molar-refractivity contribution is 0.0534. The monoisotopic (exact) mass is 173 g/mol. The van der Waals surface area contributed by atoms with E-state index in [2.05, 4.69) is 4.90 Å². The van der Waals surface area contributed by atoms with Crippen molar-refractivity contribution in [1.82, 2.24) is 4.90 Å². The Hall–Kier alpha value is -0.120. The number of hydrogen-bond acceptors (Lipinski definition) is 3. The van der Waals surface area contributed by atoms with Crippen LogP contribution in [0.3, 0.4) is 0 Å². The summed E-state index contributed by atoms with van der Waals surface area (Å²) in [5.41, 5.74) is 0. The van der Waals surface area contributed by atoms with E-state index >= 15 is 0 Å². The molecule has 1 saturated carbocycles. The van der Waals surface area contributed by atoms with Crippen LogP contribution in [-0.4, -0.2) is 47.0 Å². The molecule has 3 nitrogen and oxygen atoms in total. The maximum absolute atomic E-state index is 9.19. The second-order valence-electron chi connectivity index (χ2n) is 3.65. The molecule has 0 aliphatic heterocycles. The molecule has 0 aromatic carbocycles. The molecule has 1 aliphatic carbocycles. The molecular weight excluding hydrogens is 154 g/mol. The largest absolute Gasteiger partial charge is 0.395 e. The van der Waals surface area contributed by atoms with E-state index < -0.39 is 0 Å². The number of rotatable bonds is 5. The van der Waals surface area contributed by atoms with Crippen molar-refractivity contribution in [3.63, 3.8) is 0 Å². The molecule has 0 heterocycles. The molecule has 2 N–H and O–H groups in total. The molecule has 3 heteroatoms. The Bertz CT molecular complexity index is 124. The van der Waals surface area contributed by atoms with E-state index in [4.69, 9.17) is 5.11 Å². The third-order valence-corrected chi connectivity index (χ3v) is 2.48. The zero-order valence-electron chi connectivity index (χ0n) is 7.74. The van der Waals surface area contributed by atoms with Gasteiger partial charge in [-0.3, -0.25) is 4.90 Å². The third-order valence-electron chi connectivity index (χ3n) is 2.48. The summed E-state index contributed by atoms with van der Waals surface area (Å²) in [6.07, 6.45) is 3.48. The Balaban J connectivity index is 2.26. The Morgan fingerprint density at radius 2 is 2.17 bits per heavy atom. The molecule has 1 atom stereocenters. The van der Waals surface area contributed by atoms with Gasteiger partial charge in [0, 0.05) is 19.1 Å². The number of nitrogens with zero attached hydrogens (tertiary/aromatic N) is 1. The fourth-order valence-corrected chi connectivity index (χ4v) is 1.64. The molecule has 1 rings (SSSR count). The highest BCUT2D eigenvalue weighted by atomic mass is 16.3. The summed E-state index contributed by atoms with van der Waals surface area (Å²) in [5.74, 6) is 0. The van der Waals surface area contributed by atoms with Crippen LogP contribution in [0.25, 0.3) is 0 Å². The first-order valence-electron chi connectivity index (χ1n) is 4.77. The lowest BCUT2D eigenvalue weighted by Crippen LogP contribution is -2.44. The molecule has 0 saturated heterocycles. The first kappa shape index (κ1) is 9.96. The number of hydrogen-bond donors (Lipinski definition) is 2. The Kier molecular flexibility index (Phi) is 3.98. The minimum absolute atomic E-state index is 0.198. The average Bonchev–Trinajstić information content (AvgIpc) is 1.81. The van der Waals surface area contributed by atoms with Crippen LogP contribution in [0.2, 0.25) is 0 Å². The zero-order chi connectivity index (χ0) is 8.97. The maximum Gasteiger partial charge on any atom is 0.0639 e. The normalized spacial score (nSPS) is 21.0. The molecule has 0 aromatic heterocycles. The van der Waals surface area contributed by atoms with Gasteiger partial charge in [0.05, 0.1) is 12.7 Å². The Labute approximate surface area is 74.0 Å². The van der Waals surface area contributed by atoms with Crippen molar-refractivity contribution in [3.8, 4) is 0 Å². The second kappa shape index (κ2) is 4.80. The van der Waals surface area contributed by atoms with Gasteiger partial charge in [0.2, 0.25) is 0 Å². The number of aliphatic hydroxyl groups is 2. The lowest BCUT2D eigenvalue weighted by Gasteiger charge is -2.37. The number of aliphatic hydroxyl groups excluding tert-OH is 2. The fraction of sp³-hybridized carbons (Fsp3) is 1.00. The quantitative estimate of drug-likeness (QED) is 0.625. The van der Waals surface area contributed by atoms with Crippen molar-refractivity contribution in [2.24, 2.45) is 0 Å². The highest BCUT2D eigenvalue weighted by Crippen LogP contribution is 2.24. The van der Waals surface area contributed by atoms with Gasteiger partial charge >= 0.3 is 0 Å². The minimum atomic E-state index is -0.280. The van der Waals surface area contributed by atoms with Gasteiger partial charge in [-0.2, -0.15) is 0 Å². The van der Waals surface area contributed by atoms with Gasteiger partial charge in [0.1, 0.15) is 0 Å². The van der Waals surface area contributed by atoms with E-state index in [-0.39, 0.29) is 12.7 Å². The predicted molar refractivity (Wildman–Crippen MR) is 48.0 cm³/mol. The molecule has 0 aromatic rings. The average molecular weight is 173 g/mol.